The van der Waals surface area contributed by atoms with Gasteiger partial charge >= 0.3 is 0 Å². The maximum Gasteiger partial charge on any atom is 0.187 e. The van der Waals surface area contributed by atoms with E-state index in [1.807, 2.05) is 43.3 Å². The van der Waals surface area contributed by atoms with Crippen molar-refractivity contribution in [1.82, 2.24) is 0 Å². The molecule has 3 nitrogen and oxygen atoms in total. The van der Waals surface area contributed by atoms with Gasteiger partial charge in [-0.2, -0.15) is 0 Å². The number of rotatable bonds is 5. The van der Waals surface area contributed by atoms with Gasteiger partial charge in [0.15, 0.2) is 5.78 Å². The molecular weight excluding hydrogens is 330 g/mol. The summed E-state index contributed by atoms with van der Waals surface area (Å²) in [7, 11) is 1.62. The molecule has 0 fully saturated rings. The molecular formula is C17H16BrNO2. The number of allylic oxidation sites excluding steroid dienone is 2. The van der Waals surface area contributed by atoms with Crippen molar-refractivity contribution in [2.24, 2.45) is 0 Å². The minimum absolute atomic E-state index is 0.0320. The highest BCUT2D eigenvalue weighted by Gasteiger charge is 2.03. The quantitative estimate of drug-likeness (QED) is 0.632. The molecule has 0 spiro atoms. The second-order valence-electron chi connectivity index (χ2n) is 4.56. The fourth-order valence-electron chi connectivity index (χ4n) is 1.86. The lowest BCUT2D eigenvalue weighted by molar-refractivity contribution is 0.104. The van der Waals surface area contributed by atoms with E-state index in [9.17, 15) is 4.79 Å². The maximum absolute atomic E-state index is 12.1. The van der Waals surface area contributed by atoms with E-state index >= 15 is 0 Å². The third kappa shape index (κ3) is 4.46. The molecule has 0 aromatic heterocycles. The zero-order chi connectivity index (χ0) is 15.2. The first-order valence-corrected chi connectivity index (χ1v) is 7.27. The number of carbonyl (C=O) groups is 1. The highest BCUT2D eigenvalue weighted by Crippen LogP contribution is 2.18. The van der Waals surface area contributed by atoms with Crippen molar-refractivity contribution in [3.63, 3.8) is 0 Å². The van der Waals surface area contributed by atoms with Gasteiger partial charge in [-0.25, -0.2) is 0 Å². The smallest absolute Gasteiger partial charge is 0.187 e. The number of carbonyl (C=O) groups excluding carboxylic acids is 1. The molecule has 108 valence electrons. The Bertz CT molecular complexity index is 663. The lowest BCUT2D eigenvalue weighted by atomic mass is 10.1. The van der Waals surface area contributed by atoms with E-state index in [1.165, 1.54) is 0 Å². The summed E-state index contributed by atoms with van der Waals surface area (Å²) in [6.45, 7) is 1.86. The highest BCUT2D eigenvalue weighted by atomic mass is 79.9. The van der Waals surface area contributed by atoms with Gasteiger partial charge in [0, 0.05) is 33.6 Å². The monoisotopic (exact) mass is 345 g/mol. The van der Waals surface area contributed by atoms with Crippen LogP contribution in [0.2, 0.25) is 0 Å². The number of halogens is 1. The predicted molar refractivity (Wildman–Crippen MR) is 88.8 cm³/mol. The first-order valence-electron chi connectivity index (χ1n) is 6.48. The Morgan fingerprint density at radius 3 is 2.57 bits per heavy atom. The zero-order valence-corrected chi connectivity index (χ0v) is 13.5. The average Bonchev–Trinajstić information content (AvgIpc) is 2.47. The van der Waals surface area contributed by atoms with E-state index in [0.29, 0.717) is 5.56 Å². The van der Waals surface area contributed by atoms with Gasteiger partial charge in [-0.1, -0.05) is 22.0 Å². The molecule has 2 aromatic carbocycles. The Balaban J connectivity index is 2.09. The SMILES string of the molecule is COc1cccc(N/C(C)=C/C(=O)c2ccc(Br)cc2)c1. The Morgan fingerprint density at radius 2 is 1.90 bits per heavy atom. The van der Waals surface area contributed by atoms with E-state index in [0.717, 1.165) is 21.6 Å². The van der Waals surface area contributed by atoms with Crippen molar-refractivity contribution in [2.45, 2.75) is 6.92 Å². The highest BCUT2D eigenvalue weighted by molar-refractivity contribution is 9.10. The zero-order valence-electron chi connectivity index (χ0n) is 11.9. The summed E-state index contributed by atoms with van der Waals surface area (Å²) in [5, 5.41) is 3.18. The summed E-state index contributed by atoms with van der Waals surface area (Å²) in [4.78, 5) is 12.1. The molecule has 0 atom stereocenters. The molecule has 0 radical (unpaired) electrons. The van der Waals surface area contributed by atoms with Gasteiger partial charge in [-0.15, -0.1) is 0 Å². The van der Waals surface area contributed by atoms with E-state index in [1.54, 1.807) is 25.3 Å². The molecule has 2 aromatic rings. The average molecular weight is 346 g/mol. The molecule has 1 N–H and O–H groups in total. The molecule has 0 amide bonds. The van der Waals surface area contributed by atoms with Crippen molar-refractivity contribution >= 4 is 27.4 Å². The van der Waals surface area contributed by atoms with Crippen LogP contribution in [-0.4, -0.2) is 12.9 Å². The van der Waals surface area contributed by atoms with Gasteiger partial charge < -0.3 is 10.1 Å². The van der Waals surface area contributed by atoms with Crippen molar-refractivity contribution in [3.8, 4) is 5.75 Å². The minimum atomic E-state index is -0.0320. The Labute approximate surface area is 132 Å². The third-order valence-electron chi connectivity index (χ3n) is 2.89. The van der Waals surface area contributed by atoms with Gasteiger partial charge in [0.25, 0.3) is 0 Å². The molecule has 2 rings (SSSR count). The van der Waals surface area contributed by atoms with Crippen LogP contribution in [0.3, 0.4) is 0 Å². The number of hydrogen-bond donors (Lipinski definition) is 1. The van der Waals surface area contributed by atoms with E-state index < -0.39 is 0 Å². The molecule has 4 heteroatoms. The Morgan fingerprint density at radius 1 is 1.19 bits per heavy atom. The molecule has 0 aliphatic rings. The number of ketones is 1. The van der Waals surface area contributed by atoms with Gasteiger partial charge in [-0.05, 0) is 43.3 Å². The number of methoxy groups -OCH3 is 1. The number of ether oxygens (including phenoxy) is 1. The topological polar surface area (TPSA) is 38.3 Å². The Hall–Kier alpha value is -2.07. The lowest BCUT2D eigenvalue weighted by Crippen LogP contribution is -2.01. The van der Waals surface area contributed by atoms with Crippen LogP contribution in [0.5, 0.6) is 5.75 Å². The van der Waals surface area contributed by atoms with Crippen molar-refractivity contribution in [2.75, 3.05) is 12.4 Å². The molecule has 0 saturated heterocycles. The van der Waals surface area contributed by atoms with Crippen LogP contribution in [0.25, 0.3) is 0 Å². The standard InChI is InChI=1S/C17H16BrNO2/c1-12(19-15-4-3-5-16(11-15)21-2)10-17(20)13-6-8-14(18)9-7-13/h3-11,19H,1-2H3/b12-10+. The minimum Gasteiger partial charge on any atom is -0.497 e. The van der Waals surface area contributed by atoms with Gasteiger partial charge in [0.2, 0.25) is 0 Å². The summed E-state index contributed by atoms with van der Waals surface area (Å²) in [6.07, 6.45) is 1.59. The van der Waals surface area contributed by atoms with Crippen molar-refractivity contribution < 1.29 is 9.53 Å². The molecule has 21 heavy (non-hydrogen) atoms. The van der Waals surface area contributed by atoms with E-state index in [-0.39, 0.29) is 5.78 Å². The third-order valence-corrected chi connectivity index (χ3v) is 3.42. The largest absolute Gasteiger partial charge is 0.497 e. The van der Waals surface area contributed by atoms with E-state index in [2.05, 4.69) is 21.2 Å². The first kappa shape index (κ1) is 15.3. The summed E-state index contributed by atoms with van der Waals surface area (Å²) in [5.41, 5.74) is 2.31. The summed E-state index contributed by atoms with van der Waals surface area (Å²) < 4.78 is 6.12. The molecule has 0 unspecified atom stereocenters. The number of anilines is 1. The second-order valence-corrected chi connectivity index (χ2v) is 5.47. The number of hydrogen-bond acceptors (Lipinski definition) is 3. The molecule has 0 bridgehead atoms. The van der Waals surface area contributed by atoms with E-state index in [4.69, 9.17) is 4.74 Å². The molecule has 0 saturated carbocycles. The maximum atomic E-state index is 12.1. The number of nitrogens with one attached hydrogen (secondary N) is 1. The summed E-state index contributed by atoms with van der Waals surface area (Å²) in [6, 6.07) is 14.9. The molecule has 0 aliphatic heterocycles. The van der Waals surface area contributed by atoms with Crippen molar-refractivity contribution in [1.29, 1.82) is 0 Å². The fraction of sp³-hybridized carbons (Fsp3) is 0.118. The summed E-state index contributed by atoms with van der Waals surface area (Å²) >= 11 is 3.35. The normalized spacial score (nSPS) is 11.1. The first-order chi connectivity index (χ1) is 10.1. The van der Waals surface area contributed by atoms with Crippen LogP contribution in [-0.2, 0) is 0 Å². The Kier molecular flexibility index (Phi) is 5.17. The molecule has 0 aliphatic carbocycles. The van der Waals surface area contributed by atoms with Crippen LogP contribution in [0.1, 0.15) is 17.3 Å². The van der Waals surface area contributed by atoms with Gasteiger partial charge in [0.05, 0.1) is 7.11 Å². The number of benzene rings is 2. The van der Waals surface area contributed by atoms with Gasteiger partial charge in [-0.3, -0.25) is 4.79 Å². The predicted octanol–water partition coefficient (Wildman–Crippen LogP) is 4.66. The summed E-state index contributed by atoms with van der Waals surface area (Å²) in [5.74, 6) is 0.738. The van der Waals surface area contributed by atoms with Crippen LogP contribution < -0.4 is 10.1 Å². The van der Waals surface area contributed by atoms with Crippen LogP contribution >= 0.6 is 15.9 Å². The van der Waals surface area contributed by atoms with Crippen LogP contribution in [0.15, 0.2) is 64.8 Å². The second kappa shape index (κ2) is 7.09. The molecule has 0 heterocycles. The van der Waals surface area contributed by atoms with Crippen LogP contribution in [0.4, 0.5) is 5.69 Å². The van der Waals surface area contributed by atoms with Crippen LogP contribution in [0, 0.1) is 0 Å². The van der Waals surface area contributed by atoms with Gasteiger partial charge in [0.1, 0.15) is 5.75 Å². The van der Waals surface area contributed by atoms with Crippen molar-refractivity contribution in [3.05, 3.63) is 70.3 Å². The fourth-order valence-corrected chi connectivity index (χ4v) is 2.12. The lowest BCUT2D eigenvalue weighted by Gasteiger charge is -2.08.